The predicted octanol–water partition coefficient (Wildman–Crippen LogP) is 3.07. The van der Waals surface area contributed by atoms with E-state index < -0.39 is 0 Å². The van der Waals surface area contributed by atoms with Gasteiger partial charge in [-0.2, -0.15) is 5.10 Å². The van der Waals surface area contributed by atoms with E-state index in [1.807, 2.05) is 6.92 Å². The molecule has 1 aromatic heterocycles. The Labute approximate surface area is 133 Å². The first kappa shape index (κ1) is 16.8. The van der Waals surface area contributed by atoms with E-state index in [0.717, 1.165) is 43.3 Å². The highest BCUT2D eigenvalue weighted by molar-refractivity contribution is 6.31. The van der Waals surface area contributed by atoms with Gasteiger partial charge in [0, 0.05) is 38.3 Å². The van der Waals surface area contributed by atoms with Gasteiger partial charge in [-0.15, -0.1) is 0 Å². The minimum absolute atomic E-state index is 0.561. The molecule has 0 bridgehead atoms. The minimum atomic E-state index is 0.561. The molecule has 120 valence electrons. The van der Waals surface area contributed by atoms with Crippen molar-refractivity contribution >= 4 is 11.6 Å². The van der Waals surface area contributed by atoms with Crippen molar-refractivity contribution in [2.24, 2.45) is 5.92 Å². The van der Waals surface area contributed by atoms with Crippen molar-refractivity contribution in [1.82, 2.24) is 20.0 Å². The zero-order valence-corrected chi connectivity index (χ0v) is 14.7. The van der Waals surface area contributed by atoms with Crippen molar-refractivity contribution in [3.63, 3.8) is 0 Å². The molecule has 0 aromatic carbocycles. The van der Waals surface area contributed by atoms with Crippen LogP contribution in [0.2, 0.25) is 5.02 Å². The lowest BCUT2D eigenvalue weighted by atomic mass is 9.98. The maximum Gasteiger partial charge on any atom is 0.0860 e. The second kappa shape index (κ2) is 7.12. The van der Waals surface area contributed by atoms with E-state index in [4.69, 9.17) is 11.6 Å². The summed E-state index contributed by atoms with van der Waals surface area (Å²) in [5.41, 5.74) is 2.11. The van der Waals surface area contributed by atoms with E-state index in [2.05, 4.69) is 47.7 Å². The summed E-state index contributed by atoms with van der Waals surface area (Å²) >= 11 is 6.48. The normalized spacial score (nSPS) is 24.0. The second-order valence-electron chi connectivity index (χ2n) is 6.41. The largest absolute Gasteiger partial charge is 0.311 e. The quantitative estimate of drug-likeness (QED) is 0.907. The Hall–Kier alpha value is -0.580. The average molecular weight is 313 g/mol. The van der Waals surface area contributed by atoms with Gasteiger partial charge in [0.1, 0.15) is 0 Å². The molecule has 1 saturated heterocycles. The molecule has 1 N–H and O–H groups in total. The van der Waals surface area contributed by atoms with Crippen molar-refractivity contribution in [2.45, 2.75) is 66.2 Å². The van der Waals surface area contributed by atoms with Crippen LogP contribution in [0.1, 0.15) is 45.5 Å². The van der Waals surface area contributed by atoms with Crippen molar-refractivity contribution in [3.05, 3.63) is 16.4 Å². The fourth-order valence-corrected chi connectivity index (χ4v) is 3.33. The summed E-state index contributed by atoms with van der Waals surface area (Å²) in [5.74, 6) is 0.651. The summed E-state index contributed by atoms with van der Waals surface area (Å²) in [5, 5.41) is 9.07. The fraction of sp³-hybridized carbons (Fsp3) is 0.812. The summed E-state index contributed by atoms with van der Waals surface area (Å²) in [4.78, 5) is 2.58. The van der Waals surface area contributed by atoms with Crippen LogP contribution in [0.15, 0.2) is 0 Å². The van der Waals surface area contributed by atoms with Gasteiger partial charge in [-0.05, 0) is 26.2 Å². The van der Waals surface area contributed by atoms with Gasteiger partial charge in [-0.25, -0.2) is 0 Å². The van der Waals surface area contributed by atoms with E-state index in [1.165, 1.54) is 5.69 Å². The van der Waals surface area contributed by atoms with Crippen LogP contribution in [0.5, 0.6) is 0 Å². The maximum absolute atomic E-state index is 6.48. The molecular formula is C16H29ClN4. The van der Waals surface area contributed by atoms with E-state index in [9.17, 15) is 0 Å². The van der Waals surface area contributed by atoms with Crippen LogP contribution in [0.4, 0.5) is 0 Å². The van der Waals surface area contributed by atoms with Crippen LogP contribution < -0.4 is 5.32 Å². The molecular weight excluding hydrogens is 284 g/mol. The molecule has 1 aliphatic rings. The Morgan fingerprint density at radius 2 is 2.10 bits per heavy atom. The summed E-state index contributed by atoms with van der Waals surface area (Å²) in [7, 11) is 0. The Morgan fingerprint density at radius 1 is 1.38 bits per heavy atom. The monoisotopic (exact) mass is 312 g/mol. The first-order valence-electron chi connectivity index (χ1n) is 8.17. The first-order chi connectivity index (χ1) is 9.97. The number of hydrogen-bond acceptors (Lipinski definition) is 3. The zero-order valence-electron chi connectivity index (χ0n) is 14.0. The van der Waals surface area contributed by atoms with E-state index in [-0.39, 0.29) is 0 Å². The average Bonchev–Trinajstić information content (AvgIpc) is 2.74. The molecule has 1 aliphatic heterocycles. The first-order valence-corrected chi connectivity index (χ1v) is 8.54. The molecule has 1 fully saturated rings. The van der Waals surface area contributed by atoms with E-state index in [1.54, 1.807) is 0 Å². The summed E-state index contributed by atoms with van der Waals surface area (Å²) in [6, 6.07) is 1.14. The topological polar surface area (TPSA) is 33.1 Å². The van der Waals surface area contributed by atoms with E-state index >= 15 is 0 Å². The summed E-state index contributed by atoms with van der Waals surface area (Å²) in [6.45, 7) is 14.9. The van der Waals surface area contributed by atoms with Gasteiger partial charge in [0.25, 0.3) is 0 Å². The number of piperazine rings is 1. The molecule has 0 spiro atoms. The van der Waals surface area contributed by atoms with Crippen molar-refractivity contribution in [1.29, 1.82) is 0 Å². The third-order valence-corrected chi connectivity index (χ3v) is 5.14. The van der Waals surface area contributed by atoms with Crippen LogP contribution in [-0.2, 0) is 13.1 Å². The van der Waals surface area contributed by atoms with Crippen LogP contribution in [0, 0.1) is 12.8 Å². The Bertz CT molecular complexity index is 469. The lowest BCUT2D eigenvalue weighted by Gasteiger charge is -2.41. The van der Waals surface area contributed by atoms with Crippen molar-refractivity contribution in [2.75, 3.05) is 13.1 Å². The number of halogens is 1. The molecule has 2 atom stereocenters. The Balaban J connectivity index is 2.18. The molecule has 2 rings (SSSR count). The number of nitrogens with zero attached hydrogens (tertiary/aromatic N) is 3. The Kier molecular flexibility index (Phi) is 5.69. The van der Waals surface area contributed by atoms with Gasteiger partial charge < -0.3 is 5.32 Å². The van der Waals surface area contributed by atoms with Crippen molar-refractivity contribution in [3.8, 4) is 0 Å². The zero-order chi connectivity index (χ0) is 15.6. The fourth-order valence-electron chi connectivity index (χ4n) is 3.14. The van der Waals surface area contributed by atoms with Gasteiger partial charge in [0.2, 0.25) is 0 Å². The van der Waals surface area contributed by atoms with Gasteiger partial charge >= 0.3 is 0 Å². The molecule has 2 heterocycles. The lowest BCUT2D eigenvalue weighted by Crippen LogP contribution is -2.57. The molecule has 4 nitrogen and oxygen atoms in total. The van der Waals surface area contributed by atoms with Crippen LogP contribution in [-0.4, -0.2) is 39.9 Å². The van der Waals surface area contributed by atoms with Crippen LogP contribution in [0.25, 0.3) is 0 Å². The number of hydrogen-bond donors (Lipinski definition) is 1. The van der Waals surface area contributed by atoms with E-state index in [0.29, 0.717) is 18.0 Å². The standard InChI is InChI=1S/C16H29ClN4/c1-6-13-8-18-14(11(3)4)9-20(13)10-15-16(17)12(5)19-21(15)7-2/h11,13-14,18H,6-10H2,1-5H3. The number of rotatable bonds is 5. The summed E-state index contributed by atoms with van der Waals surface area (Å²) < 4.78 is 2.05. The second-order valence-corrected chi connectivity index (χ2v) is 6.79. The van der Waals surface area contributed by atoms with Crippen molar-refractivity contribution < 1.29 is 0 Å². The molecule has 0 radical (unpaired) electrons. The highest BCUT2D eigenvalue weighted by Gasteiger charge is 2.29. The van der Waals surface area contributed by atoms with Crippen LogP contribution >= 0.6 is 11.6 Å². The number of aromatic nitrogens is 2. The Morgan fingerprint density at radius 3 is 2.67 bits per heavy atom. The molecule has 0 saturated carbocycles. The third kappa shape index (κ3) is 3.61. The third-order valence-electron chi connectivity index (χ3n) is 4.64. The number of nitrogens with one attached hydrogen (secondary N) is 1. The summed E-state index contributed by atoms with van der Waals surface area (Å²) in [6.07, 6.45) is 1.16. The maximum atomic E-state index is 6.48. The SMILES string of the molecule is CCC1CNC(C(C)C)CN1Cc1c(Cl)c(C)nn1CC. The van der Waals surface area contributed by atoms with Gasteiger partial charge in [-0.3, -0.25) is 9.58 Å². The minimum Gasteiger partial charge on any atom is -0.311 e. The van der Waals surface area contributed by atoms with Crippen LogP contribution in [0.3, 0.4) is 0 Å². The van der Waals surface area contributed by atoms with Gasteiger partial charge in [-0.1, -0.05) is 32.4 Å². The molecule has 0 aliphatic carbocycles. The molecule has 0 amide bonds. The number of aryl methyl sites for hydroxylation is 2. The molecule has 5 heteroatoms. The van der Waals surface area contributed by atoms with Gasteiger partial charge in [0.05, 0.1) is 16.4 Å². The lowest BCUT2D eigenvalue weighted by molar-refractivity contribution is 0.100. The smallest absolute Gasteiger partial charge is 0.0860 e. The van der Waals surface area contributed by atoms with Gasteiger partial charge in [0.15, 0.2) is 0 Å². The highest BCUT2D eigenvalue weighted by atomic mass is 35.5. The molecule has 1 aromatic rings. The molecule has 2 unspecified atom stereocenters. The highest BCUT2D eigenvalue weighted by Crippen LogP contribution is 2.24. The molecule has 21 heavy (non-hydrogen) atoms. The predicted molar refractivity (Wildman–Crippen MR) is 88.8 cm³/mol.